The molecule has 0 aliphatic heterocycles. The van der Waals surface area contributed by atoms with Gasteiger partial charge in [0, 0.05) is 22.9 Å². The van der Waals surface area contributed by atoms with E-state index in [4.69, 9.17) is 16.3 Å². The fourth-order valence-electron chi connectivity index (χ4n) is 3.52. The van der Waals surface area contributed by atoms with E-state index in [0.717, 1.165) is 25.7 Å². The highest BCUT2D eigenvalue weighted by Crippen LogP contribution is 2.55. The van der Waals surface area contributed by atoms with Gasteiger partial charge in [-0.1, -0.05) is 24.4 Å². The van der Waals surface area contributed by atoms with Gasteiger partial charge in [-0.15, -0.1) is 0 Å². The molecule has 21 heavy (non-hydrogen) atoms. The summed E-state index contributed by atoms with van der Waals surface area (Å²) in [7, 11) is 0. The Kier molecular flexibility index (Phi) is 3.88. The Balaban J connectivity index is 1.90. The number of nitro benzene ring substituents is 1. The zero-order valence-corrected chi connectivity index (χ0v) is 13.6. The zero-order valence-electron chi connectivity index (χ0n) is 11.2. The highest BCUT2D eigenvalue weighted by atomic mass is 79.9. The second kappa shape index (κ2) is 5.41. The molecule has 7 heteroatoms. The van der Waals surface area contributed by atoms with Gasteiger partial charge < -0.3 is 9.84 Å². The number of nitrogens with zero attached hydrogens (tertiary/aromatic N) is 1. The van der Waals surface area contributed by atoms with Crippen LogP contribution < -0.4 is 4.74 Å². The molecule has 2 atom stereocenters. The number of halogens is 2. The standard InChI is InChI=1S/C14H15BrClNO4/c15-9-5-8(16)6-10(17(19)20)13(9)21-12-7-11(18)14(12)3-1-2-4-14/h5-6,11-12,18H,1-4,7H2. The smallest absolute Gasteiger partial charge is 0.313 e. The van der Waals surface area contributed by atoms with Crippen LogP contribution in [-0.2, 0) is 0 Å². The number of rotatable bonds is 3. The topological polar surface area (TPSA) is 72.6 Å². The summed E-state index contributed by atoms with van der Waals surface area (Å²) in [4.78, 5) is 10.7. The van der Waals surface area contributed by atoms with Crippen LogP contribution in [0.2, 0.25) is 5.02 Å². The summed E-state index contributed by atoms with van der Waals surface area (Å²) in [6, 6.07) is 2.87. The second-order valence-electron chi connectivity index (χ2n) is 5.79. The molecule has 1 spiro atoms. The molecule has 0 aromatic heterocycles. The first-order chi connectivity index (χ1) is 9.94. The molecule has 0 radical (unpaired) electrons. The van der Waals surface area contributed by atoms with E-state index < -0.39 is 4.92 Å². The normalized spacial score (nSPS) is 26.6. The Morgan fingerprint density at radius 1 is 1.43 bits per heavy atom. The largest absolute Gasteiger partial charge is 0.482 e. The van der Waals surface area contributed by atoms with Gasteiger partial charge in [0.05, 0.1) is 15.5 Å². The molecule has 5 nitrogen and oxygen atoms in total. The van der Waals surface area contributed by atoms with Crippen molar-refractivity contribution < 1.29 is 14.8 Å². The number of aliphatic hydroxyl groups is 1. The van der Waals surface area contributed by atoms with Crippen LogP contribution in [0.15, 0.2) is 16.6 Å². The summed E-state index contributed by atoms with van der Waals surface area (Å²) < 4.78 is 6.40. The van der Waals surface area contributed by atoms with Crippen molar-refractivity contribution in [1.29, 1.82) is 0 Å². The summed E-state index contributed by atoms with van der Waals surface area (Å²) in [5.74, 6) is 0.201. The quantitative estimate of drug-likeness (QED) is 0.637. The maximum Gasteiger partial charge on any atom is 0.313 e. The van der Waals surface area contributed by atoms with Crippen LogP contribution in [0.4, 0.5) is 5.69 Å². The van der Waals surface area contributed by atoms with Gasteiger partial charge in [-0.3, -0.25) is 10.1 Å². The van der Waals surface area contributed by atoms with E-state index in [0.29, 0.717) is 10.9 Å². The number of aliphatic hydroxyl groups excluding tert-OH is 1. The van der Waals surface area contributed by atoms with E-state index in [1.54, 1.807) is 6.07 Å². The van der Waals surface area contributed by atoms with Gasteiger partial charge in [0.1, 0.15) is 6.10 Å². The average Bonchev–Trinajstić information content (AvgIpc) is 2.92. The van der Waals surface area contributed by atoms with Crippen LogP contribution in [0.3, 0.4) is 0 Å². The minimum Gasteiger partial charge on any atom is -0.482 e. The molecule has 0 saturated heterocycles. The van der Waals surface area contributed by atoms with E-state index >= 15 is 0 Å². The van der Waals surface area contributed by atoms with Crippen molar-refractivity contribution in [2.24, 2.45) is 5.41 Å². The molecular formula is C14H15BrClNO4. The summed E-state index contributed by atoms with van der Waals surface area (Å²) in [5.41, 5.74) is -0.378. The van der Waals surface area contributed by atoms with Gasteiger partial charge in [-0.25, -0.2) is 0 Å². The van der Waals surface area contributed by atoms with Crippen molar-refractivity contribution >= 4 is 33.2 Å². The Morgan fingerprint density at radius 3 is 2.67 bits per heavy atom. The zero-order chi connectivity index (χ0) is 15.2. The average molecular weight is 377 g/mol. The van der Waals surface area contributed by atoms with Crippen LogP contribution >= 0.6 is 27.5 Å². The molecule has 0 bridgehead atoms. The van der Waals surface area contributed by atoms with Crippen molar-refractivity contribution in [3.8, 4) is 5.75 Å². The highest BCUT2D eigenvalue weighted by molar-refractivity contribution is 9.10. The molecule has 2 aliphatic rings. The summed E-state index contributed by atoms with van der Waals surface area (Å²) >= 11 is 9.15. The maximum atomic E-state index is 11.2. The minimum atomic E-state index is -0.498. The number of ether oxygens (including phenoxy) is 1. The molecule has 2 unspecified atom stereocenters. The van der Waals surface area contributed by atoms with Gasteiger partial charge >= 0.3 is 5.69 Å². The lowest BCUT2D eigenvalue weighted by Gasteiger charge is -2.51. The van der Waals surface area contributed by atoms with E-state index in [9.17, 15) is 15.2 Å². The molecule has 3 rings (SSSR count). The molecule has 2 aliphatic carbocycles. The van der Waals surface area contributed by atoms with Gasteiger partial charge in [-0.05, 0) is 34.8 Å². The minimum absolute atomic E-state index is 0.149. The molecule has 1 N–H and O–H groups in total. The maximum absolute atomic E-state index is 11.2. The Hall–Kier alpha value is -0.850. The van der Waals surface area contributed by atoms with Crippen molar-refractivity contribution in [3.63, 3.8) is 0 Å². The van der Waals surface area contributed by atoms with Crippen LogP contribution in [0, 0.1) is 15.5 Å². The van der Waals surface area contributed by atoms with Crippen LogP contribution in [0.1, 0.15) is 32.1 Å². The first-order valence-electron chi connectivity index (χ1n) is 6.92. The molecule has 0 amide bonds. The van der Waals surface area contributed by atoms with Gasteiger partial charge in [0.25, 0.3) is 0 Å². The van der Waals surface area contributed by atoms with Crippen molar-refractivity contribution in [3.05, 3.63) is 31.7 Å². The third-order valence-corrected chi connectivity index (χ3v) is 5.53. The summed E-state index contributed by atoms with van der Waals surface area (Å²) in [6.07, 6.45) is 3.95. The van der Waals surface area contributed by atoms with Gasteiger partial charge in [-0.2, -0.15) is 0 Å². The van der Waals surface area contributed by atoms with Crippen molar-refractivity contribution in [1.82, 2.24) is 0 Å². The number of hydrogen-bond acceptors (Lipinski definition) is 4. The number of hydrogen-bond donors (Lipinski definition) is 1. The lowest BCUT2D eigenvalue weighted by Crippen LogP contribution is -2.58. The van der Waals surface area contributed by atoms with Crippen LogP contribution in [0.5, 0.6) is 5.75 Å². The number of nitro groups is 1. The molecule has 2 saturated carbocycles. The van der Waals surface area contributed by atoms with Crippen molar-refractivity contribution in [2.75, 3.05) is 0 Å². The van der Waals surface area contributed by atoms with E-state index in [1.807, 2.05) is 0 Å². The molecular weight excluding hydrogens is 362 g/mol. The first-order valence-corrected chi connectivity index (χ1v) is 8.09. The lowest BCUT2D eigenvalue weighted by atomic mass is 9.62. The summed E-state index contributed by atoms with van der Waals surface area (Å²) in [5, 5.41) is 21.6. The third kappa shape index (κ3) is 2.43. The molecule has 1 aromatic carbocycles. The van der Waals surface area contributed by atoms with Gasteiger partial charge in [0.2, 0.25) is 5.75 Å². The van der Waals surface area contributed by atoms with Crippen molar-refractivity contribution in [2.45, 2.75) is 44.3 Å². The molecule has 1 aromatic rings. The fraction of sp³-hybridized carbons (Fsp3) is 0.571. The van der Waals surface area contributed by atoms with E-state index in [-0.39, 0.29) is 34.1 Å². The second-order valence-corrected chi connectivity index (χ2v) is 7.08. The summed E-state index contributed by atoms with van der Waals surface area (Å²) in [6.45, 7) is 0. The number of benzene rings is 1. The Bertz CT molecular complexity index is 589. The first kappa shape index (κ1) is 15.1. The highest BCUT2D eigenvalue weighted by Gasteiger charge is 2.57. The van der Waals surface area contributed by atoms with Crippen LogP contribution in [0.25, 0.3) is 0 Å². The fourth-order valence-corrected chi connectivity index (χ4v) is 4.41. The Labute approximate surface area is 135 Å². The van der Waals surface area contributed by atoms with E-state index in [1.165, 1.54) is 6.07 Å². The lowest BCUT2D eigenvalue weighted by molar-refractivity contribution is -0.386. The monoisotopic (exact) mass is 375 g/mol. The third-order valence-electron chi connectivity index (χ3n) is 4.72. The Morgan fingerprint density at radius 2 is 2.10 bits per heavy atom. The molecule has 114 valence electrons. The molecule has 2 fully saturated rings. The van der Waals surface area contributed by atoms with Gasteiger partial charge in [0.15, 0.2) is 0 Å². The van der Waals surface area contributed by atoms with E-state index in [2.05, 4.69) is 15.9 Å². The molecule has 0 heterocycles. The van der Waals surface area contributed by atoms with Crippen LogP contribution in [-0.4, -0.2) is 22.2 Å². The predicted octanol–water partition coefficient (Wildman–Crippen LogP) is 4.08. The SMILES string of the molecule is O=[N+]([O-])c1cc(Cl)cc(Br)c1OC1CC(O)C12CCCC2. The predicted molar refractivity (Wildman–Crippen MR) is 81.7 cm³/mol.